The maximum Gasteiger partial charge on any atom is 0.194 e. The molecule has 7 heteroatoms. The van der Waals surface area contributed by atoms with Crippen molar-refractivity contribution in [1.82, 2.24) is 14.8 Å². The third kappa shape index (κ3) is 7.96. The Hall–Kier alpha value is -0.800. The second-order valence-electron chi connectivity index (χ2n) is 6.26. The fourth-order valence-electron chi connectivity index (χ4n) is 2.93. The summed E-state index contributed by atoms with van der Waals surface area (Å²) < 4.78 is 13.1. The van der Waals surface area contributed by atoms with Gasteiger partial charge >= 0.3 is 0 Å². The molecule has 1 fully saturated rings. The molecular weight excluding hydrogens is 431 g/mol. The van der Waals surface area contributed by atoms with Gasteiger partial charge in [0.15, 0.2) is 5.96 Å². The van der Waals surface area contributed by atoms with E-state index in [0.29, 0.717) is 6.10 Å². The molecule has 1 aliphatic rings. The van der Waals surface area contributed by atoms with Gasteiger partial charge in [-0.1, -0.05) is 0 Å². The fraction of sp³-hybridized carbons (Fsp3) is 0.722. The maximum absolute atomic E-state index is 5.94. The number of nitrogens with one attached hydrogen (secondary N) is 1. The molecule has 0 unspecified atom stereocenters. The van der Waals surface area contributed by atoms with E-state index in [1.54, 1.807) is 7.11 Å². The summed E-state index contributed by atoms with van der Waals surface area (Å²) in [7, 11) is 3.77. The smallest absolute Gasteiger partial charge is 0.194 e. The number of methoxy groups -OCH3 is 1. The van der Waals surface area contributed by atoms with E-state index in [1.165, 1.54) is 5.56 Å². The van der Waals surface area contributed by atoms with Crippen LogP contribution < -0.4 is 5.32 Å². The third-order valence-electron chi connectivity index (χ3n) is 4.23. The van der Waals surface area contributed by atoms with E-state index in [4.69, 9.17) is 14.5 Å². The molecule has 0 spiro atoms. The molecule has 25 heavy (non-hydrogen) atoms. The number of guanidine groups is 1. The molecular formula is C18H33IN4O2. The zero-order chi connectivity index (χ0) is 17.2. The predicted octanol–water partition coefficient (Wildman–Crippen LogP) is 2.63. The van der Waals surface area contributed by atoms with Crippen molar-refractivity contribution in [3.05, 3.63) is 24.0 Å². The van der Waals surface area contributed by atoms with Crippen molar-refractivity contribution >= 4 is 29.9 Å². The number of halogens is 1. The van der Waals surface area contributed by atoms with Crippen LogP contribution in [-0.4, -0.2) is 61.5 Å². The first-order valence-corrected chi connectivity index (χ1v) is 8.97. The van der Waals surface area contributed by atoms with Gasteiger partial charge in [0.2, 0.25) is 0 Å². The van der Waals surface area contributed by atoms with Crippen molar-refractivity contribution in [2.24, 2.45) is 12.0 Å². The topological polar surface area (TPSA) is 51.0 Å². The Morgan fingerprint density at radius 2 is 2.08 bits per heavy atom. The van der Waals surface area contributed by atoms with E-state index in [2.05, 4.69) is 40.2 Å². The highest BCUT2D eigenvalue weighted by atomic mass is 127. The molecule has 0 aromatic carbocycles. The lowest BCUT2D eigenvalue weighted by Gasteiger charge is -2.34. The minimum atomic E-state index is 0. The van der Waals surface area contributed by atoms with E-state index in [0.717, 1.165) is 64.6 Å². The molecule has 1 aliphatic heterocycles. The summed E-state index contributed by atoms with van der Waals surface area (Å²) in [5.74, 6) is 1.01. The van der Waals surface area contributed by atoms with Gasteiger partial charge in [0, 0.05) is 59.4 Å². The van der Waals surface area contributed by atoms with Gasteiger partial charge in [0.25, 0.3) is 0 Å². The highest BCUT2D eigenvalue weighted by Gasteiger charge is 2.21. The Morgan fingerprint density at radius 1 is 1.32 bits per heavy atom. The van der Waals surface area contributed by atoms with Gasteiger partial charge in [-0.05, 0) is 37.8 Å². The quantitative estimate of drug-likeness (QED) is 0.278. The van der Waals surface area contributed by atoms with Crippen molar-refractivity contribution < 1.29 is 9.47 Å². The van der Waals surface area contributed by atoms with Crippen LogP contribution in [0.4, 0.5) is 0 Å². The predicted molar refractivity (Wildman–Crippen MR) is 113 cm³/mol. The van der Waals surface area contributed by atoms with Gasteiger partial charge in [0.05, 0.1) is 12.6 Å². The van der Waals surface area contributed by atoms with Gasteiger partial charge in [-0.25, -0.2) is 4.99 Å². The minimum Gasteiger partial charge on any atom is -0.385 e. The molecule has 2 heterocycles. The number of aromatic nitrogens is 1. The lowest BCUT2D eigenvalue weighted by atomic mass is 10.1. The van der Waals surface area contributed by atoms with Gasteiger partial charge in [-0.2, -0.15) is 0 Å². The molecule has 0 amide bonds. The van der Waals surface area contributed by atoms with Crippen molar-refractivity contribution in [2.45, 2.75) is 38.8 Å². The molecule has 0 aliphatic carbocycles. The van der Waals surface area contributed by atoms with Gasteiger partial charge < -0.3 is 24.3 Å². The number of likely N-dealkylation sites (tertiary alicyclic amines) is 1. The van der Waals surface area contributed by atoms with E-state index in [9.17, 15) is 0 Å². The number of ether oxygens (including phenoxy) is 2. The van der Waals surface area contributed by atoms with Gasteiger partial charge in [-0.15, -0.1) is 24.0 Å². The molecule has 2 rings (SSSR count). The molecule has 0 radical (unpaired) electrons. The molecule has 0 saturated carbocycles. The normalized spacial score (nSPS) is 16.0. The number of nitrogens with zero attached hydrogens (tertiary/aromatic N) is 3. The third-order valence-corrected chi connectivity index (χ3v) is 4.23. The molecule has 1 N–H and O–H groups in total. The highest BCUT2D eigenvalue weighted by molar-refractivity contribution is 14.0. The molecule has 1 aromatic rings. The average molecular weight is 464 g/mol. The van der Waals surface area contributed by atoms with Crippen LogP contribution in [0.15, 0.2) is 23.5 Å². The maximum atomic E-state index is 5.94. The Labute approximate surface area is 169 Å². The van der Waals surface area contributed by atoms with Crippen LogP contribution in [-0.2, 0) is 23.1 Å². The zero-order valence-corrected chi connectivity index (χ0v) is 18.1. The fourth-order valence-corrected chi connectivity index (χ4v) is 2.93. The Balaban J connectivity index is 0.00000312. The first-order chi connectivity index (χ1) is 11.7. The zero-order valence-electron chi connectivity index (χ0n) is 15.7. The number of aryl methyl sites for hydroxylation is 1. The van der Waals surface area contributed by atoms with Crippen molar-refractivity contribution in [2.75, 3.05) is 40.0 Å². The average Bonchev–Trinajstić information content (AvgIpc) is 3.01. The first kappa shape index (κ1) is 22.2. The lowest BCUT2D eigenvalue weighted by Crippen LogP contribution is -2.47. The van der Waals surface area contributed by atoms with E-state index in [-0.39, 0.29) is 24.0 Å². The molecule has 0 atom stereocenters. The second-order valence-corrected chi connectivity index (χ2v) is 6.26. The Kier molecular flexibility index (Phi) is 11.2. The number of hydrogen-bond donors (Lipinski definition) is 1. The van der Waals surface area contributed by atoms with Crippen molar-refractivity contribution in [3.8, 4) is 0 Å². The SMILES string of the molecule is CCNC(=NCc1ccn(C)c1)N1CCC(OCCCOC)CC1.I. The standard InChI is InChI=1S/C18H32N4O2.HI/c1-4-19-18(20-14-16-6-9-21(2)15-16)22-10-7-17(8-11-22)24-13-5-12-23-3;/h6,9,15,17H,4-5,7-8,10-14H2,1-3H3,(H,19,20);1H. The van der Waals surface area contributed by atoms with Crippen LogP contribution in [0.2, 0.25) is 0 Å². The van der Waals surface area contributed by atoms with E-state index < -0.39 is 0 Å². The highest BCUT2D eigenvalue weighted by Crippen LogP contribution is 2.14. The monoisotopic (exact) mass is 464 g/mol. The molecule has 144 valence electrons. The van der Waals surface area contributed by atoms with E-state index in [1.807, 2.05) is 7.05 Å². The van der Waals surface area contributed by atoms with Crippen LogP contribution >= 0.6 is 24.0 Å². The van der Waals surface area contributed by atoms with Gasteiger partial charge in [-0.3, -0.25) is 0 Å². The summed E-state index contributed by atoms with van der Waals surface area (Å²) in [5, 5.41) is 3.42. The van der Waals surface area contributed by atoms with Crippen LogP contribution in [0.5, 0.6) is 0 Å². The first-order valence-electron chi connectivity index (χ1n) is 8.97. The van der Waals surface area contributed by atoms with Crippen LogP contribution in [0, 0.1) is 0 Å². The largest absolute Gasteiger partial charge is 0.385 e. The number of hydrogen-bond acceptors (Lipinski definition) is 3. The second kappa shape index (κ2) is 12.5. The molecule has 0 bridgehead atoms. The molecule has 1 aromatic heterocycles. The summed E-state index contributed by atoms with van der Waals surface area (Å²) >= 11 is 0. The summed E-state index contributed by atoms with van der Waals surface area (Å²) in [5.41, 5.74) is 1.24. The Morgan fingerprint density at radius 3 is 2.68 bits per heavy atom. The van der Waals surface area contributed by atoms with Crippen LogP contribution in [0.25, 0.3) is 0 Å². The Bertz CT molecular complexity index is 499. The minimum absolute atomic E-state index is 0. The molecule has 1 saturated heterocycles. The van der Waals surface area contributed by atoms with Crippen molar-refractivity contribution in [1.29, 1.82) is 0 Å². The molecule has 6 nitrogen and oxygen atoms in total. The summed E-state index contributed by atoms with van der Waals surface area (Å²) in [6, 6.07) is 2.12. The van der Waals surface area contributed by atoms with Crippen molar-refractivity contribution in [3.63, 3.8) is 0 Å². The summed E-state index contributed by atoms with van der Waals surface area (Å²) in [6.07, 6.45) is 7.64. The van der Waals surface area contributed by atoms with E-state index >= 15 is 0 Å². The van der Waals surface area contributed by atoms with Crippen LogP contribution in [0.3, 0.4) is 0 Å². The number of rotatable bonds is 8. The lowest BCUT2D eigenvalue weighted by molar-refractivity contribution is 0.00990. The summed E-state index contributed by atoms with van der Waals surface area (Å²) in [4.78, 5) is 7.14. The summed E-state index contributed by atoms with van der Waals surface area (Å²) in [6.45, 7) is 7.28. The number of aliphatic imine (C=N–C) groups is 1. The number of piperidine rings is 1. The van der Waals surface area contributed by atoms with Gasteiger partial charge in [0.1, 0.15) is 0 Å². The van der Waals surface area contributed by atoms with Crippen LogP contribution in [0.1, 0.15) is 31.7 Å².